The molecule has 0 aliphatic carbocycles. The van der Waals surface area contributed by atoms with Gasteiger partial charge < -0.3 is 9.84 Å². The van der Waals surface area contributed by atoms with Crippen LogP contribution < -0.4 is 4.72 Å². The van der Waals surface area contributed by atoms with Crippen LogP contribution in [0.3, 0.4) is 0 Å². The van der Waals surface area contributed by atoms with Crippen molar-refractivity contribution in [3.05, 3.63) is 28.8 Å². The molecule has 20 heavy (non-hydrogen) atoms. The van der Waals surface area contributed by atoms with E-state index in [0.717, 1.165) is 0 Å². The zero-order chi connectivity index (χ0) is 14.9. The third-order valence-corrected chi connectivity index (χ3v) is 5.02. The summed E-state index contributed by atoms with van der Waals surface area (Å²) in [6, 6.07) is 3.64. The smallest absolute Gasteiger partial charge is 0.310 e. The van der Waals surface area contributed by atoms with Gasteiger partial charge in [-0.05, 0) is 30.7 Å². The lowest BCUT2D eigenvalue weighted by atomic mass is 10.1. The van der Waals surface area contributed by atoms with Gasteiger partial charge in [-0.2, -0.15) is 0 Å². The summed E-state index contributed by atoms with van der Waals surface area (Å²) in [5.74, 6) is -1.96. The van der Waals surface area contributed by atoms with E-state index in [1.54, 1.807) is 6.92 Å². The molecular formula is C12H14ClNO5S. The van der Waals surface area contributed by atoms with E-state index in [2.05, 4.69) is 4.72 Å². The van der Waals surface area contributed by atoms with Crippen molar-refractivity contribution in [1.82, 2.24) is 4.72 Å². The number of aliphatic carboxylic acids is 1. The van der Waals surface area contributed by atoms with Crippen molar-refractivity contribution in [2.45, 2.75) is 17.9 Å². The molecule has 1 aliphatic rings. The number of nitrogens with one attached hydrogen (secondary N) is 1. The summed E-state index contributed by atoms with van der Waals surface area (Å²) in [7, 11) is -3.81. The SMILES string of the molecule is Cc1cc(Cl)ccc1S(=O)(=O)NC1COCC1C(=O)O. The molecule has 1 aromatic carbocycles. The van der Waals surface area contributed by atoms with Gasteiger partial charge in [0.05, 0.1) is 30.1 Å². The zero-order valence-electron chi connectivity index (χ0n) is 10.7. The van der Waals surface area contributed by atoms with Crippen molar-refractivity contribution in [3.8, 4) is 0 Å². The second-order valence-corrected chi connectivity index (χ2v) is 6.74. The van der Waals surface area contributed by atoms with Crippen molar-refractivity contribution >= 4 is 27.6 Å². The molecule has 1 heterocycles. The van der Waals surface area contributed by atoms with E-state index >= 15 is 0 Å². The number of ether oxygens (including phenoxy) is 1. The van der Waals surface area contributed by atoms with Crippen LogP contribution in [0.2, 0.25) is 5.02 Å². The molecule has 1 aliphatic heterocycles. The van der Waals surface area contributed by atoms with Gasteiger partial charge in [0.25, 0.3) is 0 Å². The summed E-state index contributed by atoms with van der Waals surface area (Å²) in [6.07, 6.45) is 0. The molecule has 0 saturated carbocycles. The van der Waals surface area contributed by atoms with Gasteiger partial charge in [-0.25, -0.2) is 13.1 Å². The lowest BCUT2D eigenvalue weighted by molar-refractivity contribution is -0.142. The molecule has 2 atom stereocenters. The first-order valence-electron chi connectivity index (χ1n) is 5.90. The molecular weight excluding hydrogens is 306 g/mol. The number of halogens is 1. The average molecular weight is 320 g/mol. The maximum absolute atomic E-state index is 12.3. The van der Waals surface area contributed by atoms with Crippen LogP contribution in [-0.4, -0.2) is 38.7 Å². The Morgan fingerprint density at radius 2 is 2.15 bits per heavy atom. The molecule has 1 fully saturated rings. The third kappa shape index (κ3) is 3.12. The highest BCUT2D eigenvalue weighted by Gasteiger charge is 2.37. The first kappa shape index (κ1) is 15.2. The van der Waals surface area contributed by atoms with E-state index in [1.165, 1.54) is 18.2 Å². The quantitative estimate of drug-likeness (QED) is 0.864. The molecule has 6 nitrogen and oxygen atoms in total. The summed E-state index contributed by atoms with van der Waals surface area (Å²) in [6.45, 7) is 1.67. The summed E-state index contributed by atoms with van der Waals surface area (Å²) in [4.78, 5) is 11.1. The summed E-state index contributed by atoms with van der Waals surface area (Å²) >= 11 is 5.79. The predicted octanol–water partition coefficient (Wildman–Crippen LogP) is 1.03. The molecule has 0 radical (unpaired) electrons. The van der Waals surface area contributed by atoms with Crippen LogP contribution in [0.15, 0.2) is 23.1 Å². The monoisotopic (exact) mass is 319 g/mol. The topological polar surface area (TPSA) is 92.7 Å². The van der Waals surface area contributed by atoms with Gasteiger partial charge in [-0.3, -0.25) is 4.79 Å². The van der Waals surface area contributed by atoms with Crippen molar-refractivity contribution < 1.29 is 23.1 Å². The molecule has 0 spiro atoms. The number of hydrogen-bond donors (Lipinski definition) is 2. The van der Waals surface area contributed by atoms with Gasteiger partial charge in [0.1, 0.15) is 0 Å². The second kappa shape index (κ2) is 5.69. The van der Waals surface area contributed by atoms with Crippen molar-refractivity contribution in [3.63, 3.8) is 0 Å². The standard InChI is InChI=1S/C12H14ClNO5S/c1-7-4-8(13)2-3-11(7)20(17,18)14-10-6-19-5-9(10)12(15)16/h2-4,9-10,14H,5-6H2,1H3,(H,15,16). The van der Waals surface area contributed by atoms with E-state index < -0.39 is 28.0 Å². The first-order chi connectivity index (χ1) is 9.31. The Kier molecular flexibility index (Phi) is 4.33. The highest BCUT2D eigenvalue weighted by molar-refractivity contribution is 7.89. The van der Waals surface area contributed by atoms with E-state index in [9.17, 15) is 13.2 Å². The molecule has 0 amide bonds. The summed E-state index contributed by atoms with van der Waals surface area (Å²) in [5.41, 5.74) is 0.496. The molecule has 0 bridgehead atoms. The number of rotatable bonds is 4. The Morgan fingerprint density at radius 1 is 1.45 bits per heavy atom. The first-order valence-corrected chi connectivity index (χ1v) is 7.76. The second-order valence-electron chi connectivity index (χ2n) is 4.62. The fourth-order valence-electron chi connectivity index (χ4n) is 2.09. The van der Waals surface area contributed by atoms with Gasteiger partial charge in [-0.1, -0.05) is 11.6 Å². The Bertz CT molecular complexity index is 631. The molecule has 2 rings (SSSR count). The third-order valence-electron chi connectivity index (χ3n) is 3.13. The number of sulfonamides is 1. The highest BCUT2D eigenvalue weighted by Crippen LogP contribution is 2.22. The molecule has 8 heteroatoms. The van der Waals surface area contributed by atoms with Gasteiger partial charge in [0.15, 0.2) is 0 Å². The maximum atomic E-state index is 12.3. The van der Waals surface area contributed by atoms with E-state index in [4.69, 9.17) is 21.4 Å². The van der Waals surface area contributed by atoms with Gasteiger partial charge in [0.2, 0.25) is 10.0 Å². The fraction of sp³-hybridized carbons (Fsp3) is 0.417. The van der Waals surface area contributed by atoms with E-state index in [0.29, 0.717) is 10.6 Å². The fourth-order valence-corrected chi connectivity index (χ4v) is 3.81. The predicted molar refractivity (Wildman–Crippen MR) is 72.2 cm³/mol. The number of hydrogen-bond acceptors (Lipinski definition) is 4. The van der Waals surface area contributed by atoms with Crippen LogP contribution in [0.5, 0.6) is 0 Å². The van der Waals surface area contributed by atoms with Crippen LogP contribution in [0.1, 0.15) is 5.56 Å². The molecule has 2 N–H and O–H groups in total. The molecule has 2 unspecified atom stereocenters. The van der Waals surface area contributed by atoms with Crippen molar-refractivity contribution in [2.24, 2.45) is 5.92 Å². The number of benzene rings is 1. The zero-order valence-corrected chi connectivity index (χ0v) is 12.2. The van der Waals surface area contributed by atoms with Crippen molar-refractivity contribution in [2.75, 3.05) is 13.2 Å². The Morgan fingerprint density at radius 3 is 2.75 bits per heavy atom. The number of carbonyl (C=O) groups is 1. The van der Waals surface area contributed by atoms with Crippen LogP contribution in [-0.2, 0) is 19.6 Å². The van der Waals surface area contributed by atoms with E-state index in [1.807, 2.05) is 0 Å². The highest BCUT2D eigenvalue weighted by atomic mass is 35.5. The lowest BCUT2D eigenvalue weighted by Gasteiger charge is -2.17. The minimum absolute atomic E-state index is 0.00210. The number of carboxylic acid groups (broad SMARTS) is 1. The Balaban J connectivity index is 2.25. The minimum atomic E-state index is -3.81. The van der Waals surface area contributed by atoms with Crippen LogP contribution >= 0.6 is 11.6 Å². The molecule has 1 aromatic rings. The average Bonchev–Trinajstić information content (AvgIpc) is 2.75. The van der Waals surface area contributed by atoms with Crippen LogP contribution in [0, 0.1) is 12.8 Å². The lowest BCUT2D eigenvalue weighted by Crippen LogP contribution is -2.42. The Labute approximate surface area is 121 Å². The Hall–Kier alpha value is -1.15. The van der Waals surface area contributed by atoms with Gasteiger partial charge in [-0.15, -0.1) is 0 Å². The van der Waals surface area contributed by atoms with Crippen LogP contribution in [0.4, 0.5) is 0 Å². The van der Waals surface area contributed by atoms with Gasteiger partial charge >= 0.3 is 5.97 Å². The molecule has 0 aromatic heterocycles. The normalized spacial score (nSPS) is 22.9. The molecule has 110 valence electrons. The maximum Gasteiger partial charge on any atom is 0.310 e. The minimum Gasteiger partial charge on any atom is -0.481 e. The summed E-state index contributed by atoms with van der Waals surface area (Å²) in [5, 5.41) is 9.45. The van der Waals surface area contributed by atoms with Gasteiger partial charge in [0, 0.05) is 5.02 Å². The van der Waals surface area contributed by atoms with Crippen molar-refractivity contribution in [1.29, 1.82) is 0 Å². The van der Waals surface area contributed by atoms with Crippen LogP contribution in [0.25, 0.3) is 0 Å². The largest absolute Gasteiger partial charge is 0.481 e. The summed E-state index contributed by atoms with van der Waals surface area (Å²) < 4.78 is 32.0. The van der Waals surface area contributed by atoms with E-state index in [-0.39, 0.29) is 18.1 Å². The number of carboxylic acids is 1. The molecule has 1 saturated heterocycles. The number of aryl methyl sites for hydroxylation is 1.